The quantitative estimate of drug-likeness (QED) is 0.481. The van der Waals surface area contributed by atoms with Crippen LogP contribution in [0.15, 0.2) is 59.8 Å². The molecule has 1 N–H and O–H groups in total. The Kier molecular flexibility index (Phi) is 4.99. The lowest BCUT2D eigenvalue weighted by molar-refractivity contribution is -0.138. The number of fused-ring (bicyclic) bond motifs is 3. The van der Waals surface area contributed by atoms with Crippen LogP contribution in [0.25, 0.3) is 21.9 Å². The first-order valence-corrected chi connectivity index (χ1v) is 10.7. The zero-order valence-corrected chi connectivity index (χ0v) is 17.8. The fraction of sp³-hybridized carbons (Fsp3) is 0.292. The first-order valence-electron chi connectivity index (χ1n) is 10.7. The van der Waals surface area contributed by atoms with Gasteiger partial charge >= 0.3 is 6.18 Å². The summed E-state index contributed by atoms with van der Waals surface area (Å²) in [5, 5.41) is 1.24. The first-order chi connectivity index (χ1) is 15.8. The summed E-state index contributed by atoms with van der Waals surface area (Å²) in [6.45, 7) is 2.65. The van der Waals surface area contributed by atoms with E-state index in [1.54, 1.807) is 12.4 Å². The van der Waals surface area contributed by atoms with Crippen LogP contribution in [0, 0.1) is 5.92 Å². The molecule has 1 aliphatic rings. The van der Waals surface area contributed by atoms with Crippen molar-refractivity contribution in [3.63, 3.8) is 0 Å². The van der Waals surface area contributed by atoms with Crippen molar-refractivity contribution >= 4 is 27.8 Å². The molecule has 0 bridgehead atoms. The first kappa shape index (κ1) is 21.2. The summed E-state index contributed by atoms with van der Waals surface area (Å²) in [7, 11) is 0. The molecule has 4 aromatic rings. The number of likely N-dealkylation sites (tertiary alicyclic amines) is 1. The predicted molar refractivity (Wildman–Crippen MR) is 118 cm³/mol. The van der Waals surface area contributed by atoms with E-state index in [-0.39, 0.29) is 29.5 Å². The highest BCUT2D eigenvalue weighted by Crippen LogP contribution is 2.35. The number of halogens is 3. The molecule has 0 saturated carbocycles. The molecule has 1 aliphatic heterocycles. The smallest absolute Gasteiger partial charge is 0.346 e. The zero-order chi connectivity index (χ0) is 23.3. The third kappa shape index (κ3) is 3.57. The van der Waals surface area contributed by atoms with Crippen LogP contribution in [0.1, 0.15) is 35.3 Å². The van der Waals surface area contributed by atoms with Gasteiger partial charge in [0.05, 0.1) is 28.1 Å². The summed E-state index contributed by atoms with van der Waals surface area (Å²) in [5.74, 6) is -0.501. The molecule has 9 heteroatoms. The standard InChI is InChI=1S/C24H21F3N4O2/c1-14-7-10-30(23(33)15-4-2-3-5-18(15)24(25,26)27)13-19(14)31-11-8-20(32)17-12-29-22-16(21(17)31)6-9-28-22/h2-6,8-9,11-12,14,19H,7,10,13H2,1H3,(H,28,29)/t14-,19+/m1/s1. The van der Waals surface area contributed by atoms with Gasteiger partial charge in [-0.2, -0.15) is 13.2 Å². The van der Waals surface area contributed by atoms with Crippen molar-refractivity contribution < 1.29 is 18.0 Å². The van der Waals surface area contributed by atoms with E-state index in [4.69, 9.17) is 0 Å². The van der Waals surface area contributed by atoms with E-state index in [2.05, 4.69) is 16.9 Å². The van der Waals surface area contributed by atoms with Crippen molar-refractivity contribution in [2.75, 3.05) is 13.1 Å². The second-order valence-corrected chi connectivity index (χ2v) is 8.48. The lowest BCUT2D eigenvalue weighted by Gasteiger charge is -2.39. The summed E-state index contributed by atoms with van der Waals surface area (Å²) in [5.41, 5.74) is -0.0975. The number of amides is 1. The molecular weight excluding hydrogens is 433 g/mol. The number of alkyl halides is 3. The molecule has 1 aromatic carbocycles. The number of piperidine rings is 1. The summed E-state index contributed by atoms with van der Waals surface area (Å²) in [4.78, 5) is 34.5. The molecule has 0 spiro atoms. The van der Waals surface area contributed by atoms with Crippen LogP contribution >= 0.6 is 0 Å². The van der Waals surface area contributed by atoms with Gasteiger partial charge in [-0.05, 0) is 30.5 Å². The van der Waals surface area contributed by atoms with E-state index in [9.17, 15) is 22.8 Å². The van der Waals surface area contributed by atoms with Crippen molar-refractivity contribution in [2.45, 2.75) is 25.6 Å². The minimum absolute atomic E-state index is 0.139. The highest BCUT2D eigenvalue weighted by Gasteiger charge is 2.38. The summed E-state index contributed by atoms with van der Waals surface area (Å²) >= 11 is 0. The fourth-order valence-corrected chi connectivity index (χ4v) is 4.72. The number of benzene rings is 1. The molecule has 0 aliphatic carbocycles. The van der Waals surface area contributed by atoms with Crippen LogP contribution in [-0.2, 0) is 6.18 Å². The Morgan fingerprint density at radius 2 is 1.94 bits per heavy atom. The zero-order valence-electron chi connectivity index (χ0n) is 17.8. The van der Waals surface area contributed by atoms with E-state index in [0.29, 0.717) is 29.5 Å². The van der Waals surface area contributed by atoms with Crippen molar-refractivity contribution in [1.82, 2.24) is 19.4 Å². The molecule has 0 radical (unpaired) electrons. The molecule has 4 heterocycles. The average Bonchev–Trinajstić information content (AvgIpc) is 3.28. The third-order valence-electron chi connectivity index (χ3n) is 6.49. The normalized spacial score (nSPS) is 19.3. The topological polar surface area (TPSA) is 71.0 Å². The highest BCUT2D eigenvalue weighted by atomic mass is 19.4. The van der Waals surface area contributed by atoms with E-state index in [0.717, 1.165) is 11.5 Å². The van der Waals surface area contributed by atoms with Crippen LogP contribution in [0.4, 0.5) is 13.2 Å². The maximum Gasteiger partial charge on any atom is 0.417 e. The molecule has 33 heavy (non-hydrogen) atoms. The van der Waals surface area contributed by atoms with E-state index in [1.807, 2.05) is 10.6 Å². The number of carbonyl (C=O) groups is 1. The number of carbonyl (C=O) groups excluding carboxylic acids is 1. The summed E-state index contributed by atoms with van der Waals surface area (Å²) in [6.07, 6.45) is 0.988. The monoisotopic (exact) mass is 454 g/mol. The van der Waals surface area contributed by atoms with Crippen LogP contribution in [0.2, 0.25) is 0 Å². The van der Waals surface area contributed by atoms with Crippen molar-refractivity contribution in [1.29, 1.82) is 0 Å². The maximum atomic E-state index is 13.5. The minimum Gasteiger partial charge on any atom is -0.346 e. The second-order valence-electron chi connectivity index (χ2n) is 8.48. The number of H-pyrrole nitrogens is 1. The van der Waals surface area contributed by atoms with Gasteiger partial charge in [-0.25, -0.2) is 4.98 Å². The Hall–Kier alpha value is -3.62. The van der Waals surface area contributed by atoms with Gasteiger partial charge < -0.3 is 14.5 Å². The van der Waals surface area contributed by atoms with Gasteiger partial charge in [-0.15, -0.1) is 0 Å². The van der Waals surface area contributed by atoms with Gasteiger partial charge in [-0.3, -0.25) is 9.59 Å². The van der Waals surface area contributed by atoms with Crippen LogP contribution in [-0.4, -0.2) is 38.4 Å². The maximum absolute atomic E-state index is 13.5. The van der Waals surface area contributed by atoms with Crippen LogP contribution in [0.5, 0.6) is 0 Å². The molecule has 2 atom stereocenters. The number of aromatic amines is 1. The molecule has 6 nitrogen and oxygen atoms in total. The van der Waals surface area contributed by atoms with Crippen molar-refractivity contribution in [3.05, 3.63) is 76.3 Å². The van der Waals surface area contributed by atoms with Crippen molar-refractivity contribution in [2.24, 2.45) is 5.92 Å². The molecule has 1 saturated heterocycles. The third-order valence-corrected chi connectivity index (χ3v) is 6.49. The molecule has 3 aromatic heterocycles. The Morgan fingerprint density at radius 3 is 2.73 bits per heavy atom. The molecule has 0 unspecified atom stereocenters. The fourth-order valence-electron chi connectivity index (χ4n) is 4.72. The summed E-state index contributed by atoms with van der Waals surface area (Å²) in [6, 6.07) is 7.97. The van der Waals surface area contributed by atoms with Crippen molar-refractivity contribution in [3.8, 4) is 0 Å². The van der Waals surface area contributed by atoms with Gasteiger partial charge in [0.25, 0.3) is 5.91 Å². The average molecular weight is 454 g/mol. The SMILES string of the molecule is C[C@@H]1CCN(C(=O)c2ccccc2C(F)(F)F)C[C@@H]1n1ccc(=O)c2cnc3[nH]ccc3c21. The number of nitrogens with one attached hydrogen (secondary N) is 1. The second kappa shape index (κ2) is 7.75. The van der Waals surface area contributed by atoms with E-state index >= 15 is 0 Å². The lowest BCUT2D eigenvalue weighted by atomic mass is 9.91. The van der Waals surface area contributed by atoms with Crippen LogP contribution in [0.3, 0.4) is 0 Å². The van der Waals surface area contributed by atoms with Gasteiger partial charge in [0.1, 0.15) is 5.65 Å². The Balaban J connectivity index is 1.57. The van der Waals surface area contributed by atoms with Gasteiger partial charge in [-0.1, -0.05) is 19.1 Å². The number of pyridine rings is 2. The molecular formula is C24H21F3N4O2. The number of nitrogens with zero attached hydrogens (tertiary/aromatic N) is 3. The number of rotatable bonds is 2. The van der Waals surface area contributed by atoms with Gasteiger partial charge in [0, 0.05) is 43.1 Å². The lowest BCUT2D eigenvalue weighted by Crippen LogP contribution is -2.44. The number of aromatic nitrogens is 3. The number of hydrogen-bond donors (Lipinski definition) is 1. The Bertz CT molecular complexity index is 1420. The van der Waals surface area contributed by atoms with E-state index in [1.165, 1.54) is 35.4 Å². The van der Waals surface area contributed by atoms with Gasteiger partial charge in [0.15, 0.2) is 5.43 Å². The largest absolute Gasteiger partial charge is 0.417 e. The highest BCUT2D eigenvalue weighted by molar-refractivity contribution is 6.02. The van der Waals surface area contributed by atoms with E-state index < -0.39 is 17.6 Å². The predicted octanol–water partition coefficient (Wildman–Crippen LogP) is 4.62. The summed E-state index contributed by atoms with van der Waals surface area (Å²) < 4.78 is 42.5. The number of hydrogen-bond acceptors (Lipinski definition) is 3. The van der Waals surface area contributed by atoms with Gasteiger partial charge in [0.2, 0.25) is 0 Å². The molecule has 1 fully saturated rings. The molecule has 5 rings (SSSR count). The molecule has 170 valence electrons. The molecule has 1 amide bonds. The Morgan fingerprint density at radius 1 is 1.15 bits per heavy atom. The van der Waals surface area contributed by atoms with Crippen LogP contribution < -0.4 is 5.43 Å². The Labute approximate surface area is 186 Å². The minimum atomic E-state index is -4.61.